The number of carbonyl (C=O) groups is 2. The summed E-state index contributed by atoms with van der Waals surface area (Å²) in [5, 5.41) is 3.97. The van der Waals surface area contributed by atoms with Gasteiger partial charge in [-0.1, -0.05) is 0 Å². The van der Waals surface area contributed by atoms with Crippen LogP contribution in [0.15, 0.2) is 41.4 Å². The summed E-state index contributed by atoms with van der Waals surface area (Å²) < 4.78 is 0. The molecule has 4 rings (SSSR count). The van der Waals surface area contributed by atoms with E-state index in [9.17, 15) is 9.59 Å². The van der Waals surface area contributed by atoms with Crippen LogP contribution in [0.5, 0.6) is 0 Å². The first kappa shape index (κ1) is 13.5. The Morgan fingerprint density at radius 3 is 2.77 bits per heavy atom. The molecule has 5 nitrogen and oxygen atoms in total. The third kappa shape index (κ3) is 2.02. The second-order valence-corrected chi connectivity index (χ2v) is 6.39. The number of likely N-dealkylation sites (tertiary alicyclic amines) is 1. The Bertz CT molecular complexity index is 701. The van der Waals surface area contributed by atoms with Crippen LogP contribution in [0.2, 0.25) is 0 Å². The number of amides is 2. The van der Waals surface area contributed by atoms with Gasteiger partial charge in [0.05, 0.1) is 17.8 Å². The highest BCUT2D eigenvalue weighted by molar-refractivity contribution is 7.08. The monoisotopic (exact) mass is 313 g/mol. The van der Waals surface area contributed by atoms with Crippen molar-refractivity contribution in [2.75, 3.05) is 11.4 Å². The predicted octanol–water partition coefficient (Wildman–Crippen LogP) is 2.16. The summed E-state index contributed by atoms with van der Waals surface area (Å²) in [6, 6.07) is 5.51. The highest BCUT2D eigenvalue weighted by Gasteiger charge is 2.48. The van der Waals surface area contributed by atoms with Gasteiger partial charge < -0.3 is 9.80 Å². The maximum absolute atomic E-state index is 12.7. The number of thiophene rings is 1. The van der Waals surface area contributed by atoms with Crippen molar-refractivity contribution in [2.45, 2.75) is 24.9 Å². The van der Waals surface area contributed by atoms with Gasteiger partial charge in [0.1, 0.15) is 0 Å². The van der Waals surface area contributed by atoms with E-state index >= 15 is 0 Å². The van der Waals surface area contributed by atoms with Crippen LogP contribution in [0, 0.1) is 0 Å². The molecule has 112 valence electrons. The molecule has 0 bridgehead atoms. The molecule has 0 radical (unpaired) electrons. The van der Waals surface area contributed by atoms with Crippen LogP contribution in [0.4, 0.5) is 5.69 Å². The smallest absolute Gasteiger partial charge is 0.254 e. The lowest BCUT2D eigenvalue weighted by Crippen LogP contribution is -2.39. The molecule has 2 aromatic heterocycles. The van der Waals surface area contributed by atoms with Crippen LogP contribution < -0.4 is 4.90 Å². The molecule has 2 aromatic rings. The highest BCUT2D eigenvalue weighted by Crippen LogP contribution is 2.37. The van der Waals surface area contributed by atoms with E-state index in [1.54, 1.807) is 35.9 Å². The molecular weight excluding hydrogens is 298 g/mol. The number of hydrogen-bond donors (Lipinski definition) is 0. The van der Waals surface area contributed by atoms with E-state index in [4.69, 9.17) is 0 Å². The lowest BCUT2D eigenvalue weighted by Gasteiger charge is -2.24. The van der Waals surface area contributed by atoms with E-state index in [0.717, 1.165) is 12.1 Å². The van der Waals surface area contributed by atoms with Crippen molar-refractivity contribution in [3.05, 3.63) is 46.9 Å². The molecule has 0 N–H and O–H groups in total. The van der Waals surface area contributed by atoms with Gasteiger partial charge in [0, 0.05) is 36.3 Å². The van der Waals surface area contributed by atoms with Crippen molar-refractivity contribution in [3.8, 4) is 0 Å². The van der Waals surface area contributed by atoms with Gasteiger partial charge in [-0.3, -0.25) is 14.6 Å². The lowest BCUT2D eigenvalue weighted by molar-refractivity contribution is -0.117. The van der Waals surface area contributed by atoms with E-state index in [0.29, 0.717) is 18.5 Å². The highest BCUT2D eigenvalue weighted by atomic mass is 32.1. The molecule has 0 aliphatic carbocycles. The molecule has 2 fully saturated rings. The molecule has 0 saturated carbocycles. The van der Waals surface area contributed by atoms with Gasteiger partial charge in [0.25, 0.3) is 5.91 Å². The number of pyridine rings is 1. The Balaban J connectivity index is 1.60. The van der Waals surface area contributed by atoms with Gasteiger partial charge in [0.2, 0.25) is 5.91 Å². The minimum Gasteiger partial charge on any atom is -0.333 e. The first-order chi connectivity index (χ1) is 10.8. The molecule has 2 aliphatic heterocycles. The summed E-state index contributed by atoms with van der Waals surface area (Å²) in [6.07, 6.45) is 4.50. The fourth-order valence-electron chi connectivity index (χ4n) is 3.49. The topological polar surface area (TPSA) is 53.5 Å². The van der Waals surface area contributed by atoms with Crippen LogP contribution in [0.3, 0.4) is 0 Å². The molecule has 0 spiro atoms. The summed E-state index contributed by atoms with van der Waals surface area (Å²) in [4.78, 5) is 32.7. The summed E-state index contributed by atoms with van der Waals surface area (Å²) >= 11 is 1.59. The van der Waals surface area contributed by atoms with Gasteiger partial charge in [0.15, 0.2) is 0 Å². The number of hydrogen-bond acceptors (Lipinski definition) is 4. The number of fused-ring (bicyclic) bond motifs is 1. The Labute approximate surface area is 132 Å². The van der Waals surface area contributed by atoms with E-state index < -0.39 is 0 Å². The van der Waals surface area contributed by atoms with E-state index in [1.165, 1.54) is 0 Å². The molecule has 2 aliphatic rings. The van der Waals surface area contributed by atoms with E-state index in [-0.39, 0.29) is 23.9 Å². The molecule has 2 saturated heterocycles. The first-order valence-corrected chi connectivity index (χ1v) is 8.25. The minimum absolute atomic E-state index is 0.00475. The molecule has 2 amide bonds. The van der Waals surface area contributed by atoms with Gasteiger partial charge in [-0.05, 0) is 30.0 Å². The molecule has 0 aromatic carbocycles. The molecule has 0 unspecified atom stereocenters. The minimum atomic E-state index is -0.0203. The van der Waals surface area contributed by atoms with Crippen molar-refractivity contribution in [2.24, 2.45) is 0 Å². The Hall–Kier alpha value is -2.21. The van der Waals surface area contributed by atoms with E-state index in [1.807, 2.05) is 26.6 Å². The number of rotatable bonds is 2. The molecule has 6 heteroatoms. The van der Waals surface area contributed by atoms with Gasteiger partial charge >= 0.3 is 0 Å². The van der Waals surface area contributed by atoms with Crippen LogP contribution in [0.1, 0.15) is 23.2 Å². The quantitative estimate of drug-likeness (QED) is 0.854. The zero-order valence-electron chi connectivity index (χ0n) is 11.9. The average molecular weight is 313 g/mol. The SMILES string of the molecule is O=C(c1ccncc1)N1CC[C@@H]2[C@H]1CC(=O)N2c1ccsc1. The predicted molar refractivity (Wildman–Crippen MR) is 83.9 cm³/mol. The number of carbonyl (C=O) groups excluding carboxylic acids is 2. The zero-order chi connectivity index (χ0) is 15.1. The fraction of sp³-hybridized carbons (Fsp3) is 0.312. The summed E-state index contributed by atoms with van der Waals surface area (Å²) in [7, 11) is 0. The van der Waals surface area contributed by atoms with Gasteiger partial charge in [-0.15, -0.1) is 0 Å². The molecule has 2 atom stereocenters. The third-order valence-corrected chi connectivity index (χ3v) is 5.14. The Morgan fingerprint density at radius 2 is 2.05 bits per heavy atom. The second-order valence-electron chi connectivity index (χ2n) is 5.61. The van der Waals surface area contributed by atoms with Crippen molar-refractivity contribution in [1.29, 1.82) is 0 Å². The van der Waals surface area contributed by atoms with Crippen molar-refractivity contribution in [3.63, 3.8) is 0 Å². The van der Waals surface area contributed by atoms with Gasteiger partial charge in [-0.2, -0.15) is 11.3 Å². The van der Waals surface area contributed by atoms with Gasteiger partial charge in [-0.25, -0.2) is 0 Å². The molecule has 4 heterocycles. The Morgan fingerprint density at radius 1 is 1.23 bits per heavy atom. The maximum Gasteiger partial charge on any atom is 0.254 e. The van der Waals surface area contributed by atoms with Crippen LogP contribution >= 0.6 is 11.3 Å². The van der Waals surface area contributed by atoms with Crippen LogP contribution in [-0.4, -0.2) is 40.3 Å². The van der Waals surface area contributed by atoms with Crippen LogP contribution in [-0.2, 0) is 4.79 Å². The summed E-state index contributed by atoms with van der Waals surface area (Å²) in [6.45, 7) is 0.699. The zero-order valence-corrected chi connectivity index (χ0v) is 12.7. The normalized spacial score (nSPS) is 23.9. The maximum atomic E-state index is 12.7. The Kier molecular flexibility index (Phi) is 3.18. The van der Waals surface area contributed by atoms with Crippen molar-refractivity contribution < 1.29 is 9.59 Å². The first-order valence-electron chi connectivity index (χ1n) is 7.31. The number of anilines is 1. The lowest BCUT2D eigenvalue weighted by atomic mass is 10.1. The average Bonchev–Trinajstić information content (AvgIpc) is 3.24. The van der Waals surface area contributed by atoms with Crippen molar-refractivity contribution in [1.82, 2.24) is 9.88 Å². The second kappa shape index (κ2) is 5.21. The number of aromatic nitrogens is 1. The molecular formula is C16H15N3O2S. The largest absolute Gasteiger partial charge is 0.333 e. The third-order valence-electron chi connectivity index (χ3n) is 4.47. The standard InChI is InChI=1S/C16H15N3O2S/c20-15-9-14-13(19(15)12-4-8-22-10-12)3-7-18(14)16(21)11-1-5-17-6-2-11/h1-2,4-6,8,10,13-14H,3,7,9H2/t13-,14-/m1/s1. The van der Waals surface area contributed by atoms with E-state index in [2.05, 4.69) is 4.98 Å². The summed E-state index contributed by atoms with van der Waals surface area (Å²) in [5.41, 5.74) is 1.60. The van der Waals surface area contributed by atoms with Crippen molar-refractivity contribution >= 4 is 28.8 Å². The molecule has 22 heavy (non-hydrogen) atoms. The van der Waals surface area contributed by atoms with Crippen LogP contribution in [0.25, 0.3) is 0 Å². The number of nitrogens with zero attached hydrogens (tertiary/aromatic N) is 3. The summed E-state index contributed by atoms with van der Waals surface area (Å²) in [5.74, 6) is 0.107. The fourth-order valence-corrected chi connectivity index (χ4v) is 4.12.